The molecule has 0 saturated carbocycles. The minimum absolute atomic E-state index is 0.0568. The Morgan fingerprint density at radius 1 is 1.00 bits per heavy atom. The van der Waals surface area contributed by atoms with Gasteiger partial charge in [-0.05, 0) is 54.6 Å². The van der Waals surface area contributed by atoms with E-state index in [4.69, 9.17) is 4.74 Å². The van der Waals surface area contributed by atoms with Crippen molar-refractivity contribution in [2.24, 2.45) is 0 Å². The molecule has 144 valence electrons. The fourth-order valence-corrected chi connectivity index (χ4v) is 2.44. The summed E-state index contributed by atoms with van der Waals surface area (Å²) in [5, 5.41) is 5.51. The maximum atomic E-state index is 12.8. The second kappa shape index (κ2) is 7.99. The van der Waals surface area contributed by atoms with Gasteiger partial charge in [0.05, 0.1) is 12.7 Å². The Kier molecular flexibility index (Phi) is 5.49. The molecule has 3 aromatic rings. The third kappa shape index (κ3) is 4.79. The Hall–Kier alpha value is -3.55. The molecule has 2 aromatic carbocycles. The largest absolute Gasteiger partial charge is 0.497 e. The van der Waals surface area contributed by atoms with Gasteiger partial charge in [0.1, 0.15) is 11.6 Å². The number of pyridine rings is 1. The third-order valence-electron chi connectivity index (χ3n) is 3.83. The number of rotatable bonds is 5. The van der Waals surface area contributed by atoms with Gasteiger partial charge in [0.25, 0.3) is 5.91 Å². The van der Waals surface area contributed by atoms with Crippen LogP contribution >= 0.6 is 0 Å². The molecule has 28 heavy (non-hydrogen) atoms. The molecule has 8 heteroatoms. The van der Waals surface area contributed by atoms with Crippen molar-refractivity contribution in [3.05, 3.63) is 78.0 Å². The first-order chi connectivity index (χ1) is 13.3. The lowest BCUT2D eigenvalue weighted by Crippen LogP contribution is -2.13. The predicted octanol–water partition coefficient (Wildman–Crippen LogP) is 5.10. The minimum atomic E-state index is -4.48. The number of hydrogen-bond donors (Lipinski definition) is 2. The lowest BCUT2D eigenvalue weighted by molar-refractivity contribution is -0.137. The molecule has 0 aliphatic carbocycles. The van der Waals surface area contributed by atoms with Gasteiger partial charge in [0, 0.05) is 23.1 Å². The van der Waals surface area contributed by atoms with Crippen molar-refractivity contribution in [2.45, 2.75) is 6.18 Å². The number of benzene rings is 2. The fourth-order valence-electron chi connectivity index (χ4n) is 2.44. The van der Waals surface area contributed by atoms with Crippen LogP contribution in [0.4, 0.5) is 30.4 Å². The summed E-state index contributed by atoms with van der Waals surface area (Å²) in [6.07, 6.45) is -3.04. The SMILES string of the molecule is COc1ccc(Nc2cc(C(=O)Nc3cccc(C(F)(F)F)c3)ccn2)cc1. The van der Waals surface area contributed by atoms with Gasteiger partial charge in [0.15, 0.2) is 0 Å². The molecule has 2 N–H and O–H groups in total. The molecule has 0 unspecified atom stereocenters. The van der Waals surface area contributed by atoms with Crippen LogP contribution in [-0.4, -0.2) is 18.0 Å². The first-order valence-corrected chi connectivity index (χ1v) is 8.21. The quantitative estimate of drug-likeness (QED) is 0.639. The summed E-state index contributed by atoms with van der Waals surface area (Å²) < 4.78 is 43.5. The van der Waals surface area contributed by atoms with E-state index in [0.29, 0.717) is 11.6 Å². The van der Waals surface area contributed by atoms with E-state index in [2.05, 4.69) is 15.6 Å². The Bertz CT molecular complexity index is 973. The number of hydrogen-bond acceptors (Lipinski definition) is 4. The molecular weight excluding hydrogens is 371 g/mol. The Balaban J connectivity index is 1.73. The van der Waals surface area contributed by atoms with Crippen molar-refractivity contribution in [2.75, 3.05) is 17.7 Å². The van der Waals surface area contributed by atoms with Gasteiger partial charge in [-0.25, -0.2) is 4.98 Å². The number of nitrogens with one attached hydrogen (secondary N) is 2. The summed E-state index contributed by atoms with van der Waals surface area (Å²) in [5.74, 6) is 0.578. The van der Waals surface area contributed by atoms with E-state index in [9.17, 15) is 18.0 Å². The van der Waals surface area contributed by atoms with Crippen molar-refractivity contribution in [3.63, 3.8) is 0 Å². The molecule has 1 aromatic heterocycles. The Morgan fingerprint density at radius 3 is 2.43 bits per heavy atom. The van der Waals surface area contributed by atoms with Crippen LogP contribution in [-0.2, 0) is 6.18 Å². The van der Waals surface area contributed by atoms with Crippen molar-refractivity contribution in [3.8, 4) is 5.75 Å². The first-order valence-electron chi connectivity index (χ1n) is 8.21. The number of anilines is 3. The number of carbonyl (C=O) groups excluding carboxylic acids is 1. The average Bonchev–Trinajstić information content (AvgIpc) is 2.68. The van der Waals surface area contributed by atoms with E-state index in [1.54, 1.807) is 31.4 Å². The Labute approximate surface area is 159 Å². The number of aromatic nitrogens is 1. The summed E-state index contributed by atoms with van der Waals surface area (Å²) in [6.45, 7) is 0. The number of nitrogens with zero attached hydrogens (tertiary/aromatic N) is 1. The molecule has 0 aliphatic heterocycles. The second-order valence-corrected chi connectivity index (χ2v) is 5.82. The van der Waals surface area contributed by atoms with Crippen LogP contribution in [0.3, 0.4) is 0 Å². The van der Waals surface area contributed by atoms with Gasteiger partial charge in [-0.2, -0.15) is 13.2 Å². The average molecular weight is 387 g/mol. The van der Waals surface area contributed by atoms with E-state index in [1.165, 1.54) is 30.5 Å². The first kappa shape index (κ1) is 19.2. The van der Waals surface area contributed by atoms with E-state index < -0.39 is 17.6 Å². The smallest absolute Gasteiger partial charge is 0.416 e. The molecule has 0 fully saturated rings. The highest BCUT2D eigenvalue weighted by atomic mass is 19.4. The van der Waals surface area contributed by atoms with Gasteiger partial charge in [0.2, 0.25) is 0 Å². The second-order valence-electron chi connectivity index (χ2n) is 5.82. The minimum Gasteiger partial charge on any atom is -0.497 e. The fraction of sp³-hybridized carbons (Fsp3) is 0.100. The normalized spacial score (nSPS) is 11.0. The van der Waals surface area contributed by atoms with E-state index in [1.807, 2.05) is 0 Å². The zero-order valence-corrected chi connectivity index (χ0v) is 14.7. The van der Waals surface area contributed by atoms with Crippen molar-refractivity contribution < 1.29 is 22.7 Å². The molecule has 0 bridgehead atoms. The highest BCUT2D eigenvalue weighted by molar-refractivity contribution is 6.04. The maximum Gasteiger partial charge on any atom is 0.416 e. The molecule has 0 atom stereocenters. The van der Waals surface area contributed by atoms with E-state index in [0.717, 1.165) is 17.8 Å². The lowest BCUT2D eigenvalue weighted by atomic mass is 10.2. The number of ether oxygens (including phenoxy) is 1. The number of alkyl halides is 3. The summed E-state index contributed by atoms with van der Waals surface area (Å²) in [6, 6.07) is 14.6. The number of methoxy groups -OCH3 is 1. The van der Waals surface area contributed by atoms with Crippen LogP contribution in [0.2, 0.25) is 0 Å². The zero-order valence-electron chi connectivity index (χ0n) is 14.7. The molecule has 3 rings (SSSR count). The van der Waals surface area contributed by atoms with Gasteiger partial charge >= 0.3 is 6.18 Å². The van der Waals surface area contributed by atoms with Crippen LogP contribution in [0, 0.1) is 0 Å². The van der Waals surface area contributed by atoms with Crippen LogP contribution in [0.15, 0.2) is 66.9 Å². The molecule has 0 spiro atoms. The zero-order chi connectivity index (χ0) is 20.1. The standard InChI is InChI=1S/C20H16F3N3O2/c1-28-17-7-5-15(6-8-17)25-18-11-13(9-10-24-18)19(27)26-16-4-2-3-14(12-16)20(21,22)23/h2-12H,1H3,(H,24,25)(H,26,27). The maximum absolute atomic E-state index is 12.8. The van der Waals surface area contributed by atoms with Crippen LogP contribution in [0.5, 0.6) is 5.75 Å². The van der Waals surface area contributed by atoms with Crippen molar-refractivity contribution in [1.82, 2.24) is 4.98 Å². The van der Waals surface area contributed by atoms with E-state index >= 15 is 0 Å². The van der Waals surface area contributed by atoms with Crippen LogP contribution < -0.4 is 15.4 Å². The van der Waals surface area contributed by atoms with E-state index in [-0.39, 0.29) is 11.3 Å². The monoisotopic (exact) mass is 387 g/mol. The van der Waals surface area contributed by atoms with Crippen molar-refractivity contribution >= 4 is 23.1 Å². The summed E-state index contributed by atoms with van der Waals surface area (Å²) >= 11 is 0. The van der Waals surface area contributed by atoms with Gasteiger partial charge in [-0.3, -0.25) is 4.79 Å². The number of halogens is 3. The van der Waals surface area contributed by atoms with Crippen molar-refractivity contribution in [1.29, 1.82) is 0 Å². The molecule has 0 saturated heterocycles. The molecule has 0 radical (unpaired) electrons. The summed E-state index contributed by atoms with van der Waals surface area (Å²) in [4.78, 5) is 16.5. The lowest BCUT2D eigenvalue weighted by Gasteiger charge is -2.11. The molecule has 1 amide bonds. The summed E-state index contributed by atoms with van der Waals surface area (Å²) in [7, 11) is 1.57. The van der Waals surface area contributed by atoms with Crippen LogP contribution in [0.1, 0.15) is 15.9 Å². The Morgan fingerprint density at radius 2 is 1.75 bits per heavy atom. The highest BCUT2D eigenvalue weighted by Crippen LogP contribution is 2.30. The predicted molar refractivity (Wildman–Crippen MR) is 99.9 cm³/mol. The molecule has 1 heterocycles. The topological polar surface area (TPSA) is 63.2 Å². The van der Waals surface area contributed by atoms with Gasteiger partial charge in [-0.15, -0.1) is 0 Å². The summed E-state index contributed by atoms with van der Waals surface area (Å²) in [5.41, 5.74) is 0.218. The van der Waals surface area contributed by atoms with Crippen LogP contribution in [0.25, 0.3) is 0 Å². The molecule has 5 nitrogen and oxygen atoms in total. The van der Waals surface area contributed by atoms with Gasteiger partial charge < -0.3 is 15.4 Å². The molecule has 0 aliphatic rings. The number of carbonyl (C=O) groups is 1. The number of amides is 1. The molecular formula is C20H16F3N3O2. The highest BCUT2D eigenvalue weighted by Gasteiger charge is 2.30. The van der Waals surface area contributed by atoms with Gasteiger partial charge in [-0.1, -0.05) is 6.07 Å². The third-order valence-corrected chi connectivity index (χ3v) is 3.83.